The van der Waals surface area contributed by atoms with E-state index in [0.29, 0.717) is 19.0 Å². The molecule has 2 rings (SSSR count). The van der Waals surface area contributed by atoms with E-state index in [1.807, 2.05) is 4.90 Å². The van der Waals surface area contributed by atoms with Crippen LogP contribution in [0.4, 0.5) is 0 Å². The molecule has 24 heavy (non-hydrogen) atoms. The van der Waals surface area contributed by atoms with Crippen molar-refractivity contribution in [2.45, 2.75) is 64.6 Å². The molecule has 138 valence electrons. The summed E-state index contributed by atoms with van der Waals surface area (Å²) in [6, 6.07) is 0.531. The fourth-order valence-corrected chi connectivity index (χ4v) is 3.66. The highest BCUT2D eigenvalue weighted by atomic mass is 16.6. The highest BCUT2D eigenvalue weighted by Gasteiger charge is 2.29. The number of carbonyl (C=O) groups excluding carboxylic acids is 1. The monoisotopic (exact) mass is 340 g/mol. The van der Waals surface area contributed by atoms with Gasteiger partial charge in [0.15, 0.2) is 12.4 Å². The molecule has 0 unspecified atom stereocenters. The normalized spacial score (nSPS) is 28.7. The Kier molecular flexibility index (Phi) is 6.46. The van der Waals surface area contributed by atoms with E-state index in [1.165, 1.54) is 6.42 Å². The number of hydrogen-bond acceptors (Lipinski definition) is 5. The number of nitrogens with zero attached hydrogens (tertiary/aromatic N) is 3. The molecule has 2 fully saturated rings. The lowest BCUT2D eigenvalue weighted by Gasteiger charge is -2.38. The zero-order valence-electron chi connectivity index (χ0n) is 15.5. The Morgan fingerprint density at radius 1 is 1.33 bits per heavy atom. The van der Waals surface area contributed by atoms with Gasteiger partial charge in [0.25, 0.3) is 5.91 Å². The summed E-state index contributed by atoms with van der Waals surface area (Å²) in [5.41, 5.74) is 5.76. The lowest BCUT2D eigenvalue weighted by Crippen LogP contribution is -2.50. The lowest BCUT2D eigenvalue weighted by atomic mass is 9.97. The first-order valence-electron chi connectivity index (χ1n) is 8.90. The summed E-state index contributed by atoms with van der Waals surface area (Å²) in [7, 11) is 0. The molecule has 2 N–H and O–H groups in total. The quantitative estimate of drug-likeness (QED) is 0.462. The van der Waals surface area contributed by atoms with Crippen LogP contribution < -0.4 is 5.73 Å². The van der Waals surface area contributed by atoms with Crippen molar-refractivity contribution in [3.8, 4) is 0 Å². The number of nitrogens with two attached hydrogens (primary N) is 1. The van der Waals surface area contributed by atoms with Gasteiger partial charge >= 0.3 is 0 Å². The van der Waals surface area contributed by atoms with Crippen LogP contribution >= 0.6 is 0 Å². The van der Waals surface area contributed by atoms with E-state index in [9.17, 15) is 4.79 Å². The number of piperidine rings is 1. The van der Waals surface area contributed by atoms with Crippen LogP contribution in [0.3, 0.4) is 0 Å². The van der Waals surface area contributed by atoms with Crippen LogP contribution in [0.25, 0.3) is 0 Å². The standard InChI is InChI=1S/C17H32N4O3/c1-13-6-5-7-14(2)21(13)16(22)11-24-19-15(18)10-20-8-9-23-17(3,4)12-20/h13-14H,5-12H2,1-4H3,(H2,18,19)/t13-,14+. The van der Waals surface area contributed by atoms with Gasteiger partial charge in [0.2, 0.25) is 0 Å². The number of oxime groups is 1. The van der Waals surface area contributed by atoms with Crippen molar-refractivity contribution in [3.63, 3.8) is 0 Å². The highest BCUT2D eigenvalue weighted by Crippen LogP contribution is 2.22. The van der Waals surface area contributed by atoms with Crippen LogP contribution in [-0.4, -0.2) is 72.1 Å². The zero-order chi connectivity index (χ0) is 17.7. The molecule has 0 bridgehead atoms. The number of ether oxygens (including phenoxy) is 1. The van der Waals surface area contributed by atoms with E-state index >= 15 is 0 Å². The third-order valence-corrected chi connectivity index (χ3v) is 4.74. The summed E-state index contributed by atoms with van der Waals surface area (Å²) in [5.74, 6) is 0.374. The van der Waals surface area contributed by atoms with Gasteiger partial charge in [-0.1, -0.05) is 5.16 Å². The lowest BCUT2D eigenvalue weighted by molar-refractivity contribution is -0.142. The molecular formula is C17H32N4O3. The predicted molar refractivity (Wildman–Crippen MR) is 93.7 cm³/mol. The number of rotatable bonds is 5. The Hall–Kier alpha value is -1.34. The van der Waals surface area contributed by atoms with E-state index in [1.54, 1.807) is 0 Å². The first kappa shape index (κ1) is 19.0. The second kappa shape index (κ2) is 8.16. The van der Waals surface area contributed by atoms with Gasteiger partial charge in [0.1, 0.15) is 0 Å². The van der Waals surface area contributed by atoms with Crippen LogP contribution in [0.5, 0.6) is 0 Å². The van der Waals surface area contributed by atoms with Gasteiger partial charge in [-0.25, -0.2) is 0 Å². The summed E-state index contributed by atoms with van der Waals surface area (Å²) >= 11 is 0. The highest BCUT2D eigenvalue weighted by molar-refractivity contribution is 5.82. The fraction of sp³-hybridized carbons (Fsp3) is 0.882. The van der Waals surface area contributed by atoms with Crippen molar-refractivity contribution in [2.75, 3.05) is 32.8 Å². The molecule has 7 nitrogen and oxygen atoms in total. The average molecular weight is 340 g/mol. The SMILES string of the molecule is C[C@@H]1CCC[C@H](C)N1C(=O)CO/N=C(\N)CN1CCOC(C)(C)C1. The summed E-state index contributed by atoms with van der Waals surface area (Å²) in [4.78, 5) is 21.7. The maximum Gasteiger partial charge on any atom is 0.263 e. The van der Waals surface area contributed by atoms with Crippen molar-refractivity contribution in [1.82, 2.24) is 9.80 Å². The average Bonchev–Trinajstić information content (AvgIpc) is 2.45. The van der Waals surface area contributed by atoms with Gasteiger partial charge < -0.3 is 20.2 Å². The van der Waals surface area contributed by atoms with Gasteiger partial charge in [-0.3, -0.25) is 9.69 Å². The summed E-state index contributed by atoms with van der Waals surface area (Å²) in [5, 5.41) is 3.92. The Morgan fingerprint density at radius 2 is 2.00 bits per heavy atom. The molecule has 2 saturated heterocycles. The number of morpholine rings is 1. The van der Waals surface area contributed by atoms with Gasteiger partial charge in [0, 0.05) is 25.2 Å². The van der Waals surface area contributed by atoms with E-state index in [4.69, 9.17) is 15.3 Å². The second-order valence-corrected chi connectivity index (χ2v) is 7.60. The minimum Gasteiger partial charge on any atom is -0.384 e. The number of likely N-dealkylation sites (tertiary alicyclic amines) is 1. The summed E-state index contributed by atoms with van der Waals surface area (Å²) in [6.07, 6.45) is 3.27. The Morgan fingerprint density at radius 3 is 2.62 bits per heavy atom. The van der Waals surface area contributed by atoms with Crippen LogP contribution in [0.15, 0.2) is 5.16 Å². The second-order valence-electron chi connectivity index (χ2n) is 7.60. The zero-order valence-corrected chi connectivity index (χ0v) is 15.5. The topological polar surface area (TPSA) is 80.4 Å². The van der Waals surface area contributed by atoms with Crippen molar-refractivity contribution < 1.29 is 14.4 Å². The molecule has 0 saturated carbocycles. The molecule has 0 aromatic carbocycles. The maximum atomic E-state index is 12.3. The smallest absolute Gasteiger partial charge is 0.263 e. The Balaban J connectivity index is 1.77. The molecule has 0 aliphatic carbocycles. The minimum atomic E-state index is -0.171. The molecule has 0 radical (unpaired) electrons. The number of amidine groups is 1. The maximum absolute atomic E-state index is 12.3. The predicted octanol–water partition coefficient (Wildman–Crippen LogP) is 1.18. The first-order valence-corrected chi connectivity index (χ1v) is 8.90. The van der Waals surface area contributed by atoms with E-state index < -0.39 is 0 Å². The van der Waals surface area contributed by atoms with E-state index in [2.05, 4.69) is 37.8 Å². The number of amides is 1. The fourth-order valence-electron chi connectivity index (χ4n) is 3.66. The van der Waals surface area contributed by atoms with Crippen molar-refractivity contribution in [2.24, 2.45) is 10.9 Å². The molecule has 2 aliphatic rings. The van der Waals surface area contributed by atoms with Crippen molar-refractivity contribution in [1.29, 1.82) is 0 Å². The molecule has 0 aromatic heterocycles. The molecule has 2 atom stereocenters. The van der Waals surface area contributed by atoms with Crippen LogP contribution in [-0.2, 0) is 14.4 Å². The minimum absolute atomic E-state index is 0.0150. The third-order valence-electron chi connectivity index (χ3n) is 4.74. The largest absolute Gasteiger partial charge is 0.384 e. The van der Waals surface area contributed by atoms with E-state index in [0.717, 1.165) is 25.9 Å². The molecule has 0 spiro atoms. The Labute approximate surface area is 145 Å². The van der Waals surface area contributed by atoms with Crippen LogP contribution in [0.2, 0.25) is 0 Å². The first-order chi connectivity index (χ1) is 11.3. The molecule has 7 heteroatoms. The van der Waals surface area contributed by atoms with Crippen LogP contribution in [0.1, 0.15) is 47.0 Å². The summed E-state index contributed by atoms with van der Waals surface area (Å²) in [6.45, 7) is 11.1. The van der Waals surface area contributed by atoms with Gasteiger partial charge in [-0.05, 0) is 47.0 Å². The molecule has 1 amide bonds. The van der Waals surface area contributed by atoms with Gasteiger partial charge in [-0.2, -0.15) is 0 Å². The molecule has 2 heterocycles. The van der Waals surface area contributed by atoms with Gasteiger partial charge in [-0.15, -0.1) is 0 Å². The van der Waals surface area contributed by atoms with Gasteiger partial charge in [0.05, 0.1) is 18.8 Å². The summed E-state index contributed by atoms with van der Waals surface area (Å²) < 4.78 is 5.67. The van der Waals surface area contributed by atoms with Crippen molar-refractivity contribution >= 4 is 11.7 Å². The van der Waals surface area contributed by atoms with E-state index in [-0.39, 0.29) is 30.2 Å². The van der Waals surface area contributed by atoms with Crippen LogP contribution in [0, 0.1) is 0 Å². The number of carbonyl (C=O) groups is 1. The van der Waals surface area contributed by atoms with Crippen molar-refractivity contribution in [3.05, 3.63) is 0 Å². The Bertz CT molecular complexity index is 457. The third kappa shape index (κ3) is 5.34. The molecule has 0 aromatic rings. The molecular weight excluding hydrogens is 308 g/mol. The molecule has 2 aliphatic heterocycles. The number of hydrogen-bond donors (Lipinski definition) is 1.